The predicted molar refractivity (Wildman–Crippen MR) is 170 cm³/mol. The topological polar surface area (TPSA) is 271 Å². The van der Waals surface area contributed by atoms with E-state index in [2.05, 4.69) is 20.6 Å². The average molecular weight is 627 g/mol. The van der Waals surface area contributed by atoms with Gasteiger partial charge in [-0.3, -0.25) is 29.0 Å². The van der Waals surface area contributed by atoms with Gasteiger partial charge in [-0.1, -0.05) is 32.0 Å². The first-order valence-electron chi connectivity index (χ1n) is 15.2. The molecule has 246 valence electrons. The fourth-order valence-corrected chi connectivity index (χ4v) is 5.30. The summed E-state index contributed by atoms with van der Waals surface area (Å²) in [6.45, 7) is 4.35. The monoisotopic (exact) mass is 626 g/mol. The van der Waals surface area contributed by atoms with Crippen LogP contribution < -0.4 is 39.3 Å². The number of guanidine groups is 1. The number of ketones is 1. The SMILES string of the molecule is CC(C)CC(NC(=O)C(N)Cc1c[nH]c2ccccc12)C(=O)N(C(=O)C(N)CCCN=C(N)N)C(=O)C(N)C(=O)[C@@H]1CCCN1. The van der Waals surface area contributed by atoms with Gasteiger partial charge in [0, 0.05) is 23.6 Å². The summed E-state index contributed by atoms with van der Waals surface area (Å²) in [5, 5.41) is 6.51. The quantitative estimate of drug-likeness (QED) is 0.0486. The summed E-state index contributed by atoms with van der Waals surface area (Å²) in [6, 6.07) is 1.35. The van der Waals surface area contributed by atoms with E-state index in [1.807, 2.05) is 38.1 Å². The first kappa shape index (κ1) is 35.3. The zero-order chi connectivity index (χ0) is 33.3. The summed E-state index contributed by atoms with van der Waals surface area (Å²) in [4.78, 5) is 74.9. The van der Waals surface area contributed by atoms with Crippen molar-refractivity contribution in [3.05, 3.63) is 36.0 Å². The number of H-pyrrole nitrogens is 1. The zero-order valence-corrected chi connectivity index (χ0v) is 25.8. The van der Waals surface area contributed by atoms with Gasteiger partial charge in [0.25, 0.3) is 17.7 Å². The van der Waals surface area contributed by atoms with E-state index in [4.69, 9.17) is 28.7 Å². The van der Waals surface area contributed by atoms with Crippen molar-refractivity contribution in [2.24, 2.45) is 39.6 Å². The highest BCUT2D eigenvalue weighted by Gasteiger charge is 2.42. The molecule has 0 bridgehead atoms. The van der Waals surface area contributed by atoms with Crippen molar-refractivity contribution in [3.63, 3.8) is 0 Å². The number of Topliss-reactive ketones (excluding diaryl/α,β-unsaturated/α-hetero) is 1. The molecule has 1 aliphatic heterocycles. The molecule has 5 atom stereocenters. The lowest BCUT2D eigenvalue weighted by Crippen LogP contribution is -2.62. The third-order valence-corrected chi connectivity index (χ3v) is 7.70. The van der Waals surface area contributed by atoms with E-state index in [-0.39, 0.29) is 44.1 Å². The second-order valence-electron chi connectivity index (χ2n) is 11.8. The summed E-state index contributed by atoms with van der Waals surface area (Å²) in [7, 11) is 0. The maximum Gasteiger partial charge on any atom is 0.260 e. The number of nitrogens with zero attached hydrogens (tertiary/aromatic N) is 2. The number of carbonyl (C=O) groups is 5. The van der Waals surface area contributed by atoms with Crippen LogP contribution in [0.25, 0.3) is 10.9 Å². The lowest BCUT2D eigenvalue weighted by molar-refractivity contribution is -0.158. The Morgan fingerprint density at radius 2 is 1.73 bits per heavy atom. The number of fused-ring (bicyclic) bond motifs is 1. The van der Waals surface area contributed by atoms with Crippen LogP contribution in [0.3, 0.4) is 0 Å². The lowest BCUT2D eigenvalue weighted by atomic mass is 9.98. The molecular weight excluding hydrogens is 580 g/mol. The second kappa shape index (κ2) is 16.2. The Bertz CT molecular complexity index is 1400. The third kappa shape index (κ3) is 9.41. The van der Waals surface area contributed by atoms with Gasteiger partial charge in [0.15, 0.2) is 11.7 Å². The molecule has 3 rings (SSSR count). The normalized spacial score (nSPS) is 17.3. The van der Waals surface area contributed by atoms with Crippen molar-refractivity contribution in [1.82, 2.24) is 20.5 Å². The van der Waals surface area contributed by atoms with Crippen molar-refractivity contribution >= 4 is 46.3 Å². The highest BCUT2D eigenvalue weighted by molar-refractivity contribution is 6.21. The minimum absolute atomic E-state index is 0.0245. The Kier molecular flexibility index (Phi) is 12.7. The molecule has 15 heteroatoms. The standard InChI is InChI=1S/C30H46N10O5/c1-16(2)13-23(39-26(42)20(32)14-17-15-38-21-9-4-3-7-18(17)21)28(44)40(27(43)19(31)8-5-12-37-30(34)35)29(45)24(33)25(41)22-10-6-11-36-22/h3-4,7,9,15-16,19-20,22-24,36,38H,5-6,8,10-14,31-33H2,1-2H3,(H,39,42)(H4,34,35,37)/t19?,20?,22-,23?,24?/m0/s1. The van der Waals surface area contributed by atoms with Crippen LogP contribution in [0, 0.1) is 5.92 Å². The van der Waals surface area contributed by atoms with Crippen LogP contribution >= 0.6 is 0 Å². The number of imide groups is 3. The van der Waals surface area contributed by atoms with Gasteiger partial charge in [0.2, 0.25) is 5.91 Å². The number of hydrogen-bond donors (Lipinski definition) is 8. The number of carbonyl (C=O) groups excluding carboxylic acids is 5. The summed E-state index contributed by atoms with van der Waals surface area (Å²) < 4.78 is 0. The van der Waals surface area contributed by atoms with Crippen molar-refractivity contribution in [3.8, 4) is 0 Å². The maximum atomic E-state index is 14.0. The number of amides is 4. The Hall–Kier alpha value is -4.18. The number of aliphatic imine (C=N–C) groups is 1. The molecule has 1 saturated heterocycles. The number of para-hydroxylation sites is 1. The van der Waals surface area contributed by atoms with Crippen LogP contribution in [0.4, 0.5) is 0 Å². The molecule has 4 unspecified atom stereocenters. The van der Waals surface area contributed by atoms with E-state index < -0.39 is 59.6 Å². The van der Waals surface area contributed by atoms with Crippen molar-refractivity contribution in [2.75, 3.05) is 13.1 Å². The largest absolute Gasteiger partial charge is 0.370 e. The zero-order valence-electron chi connectivity index (χ0n) is 25.8. The number of aromatic amines is 1. The van der Waals surface area contributed by atoms with Gasteiger partial charge < -0.3 is 44.3 Å². The van der Waals surface area contributed by atoms with E-state index in [0.29, 0.717) is 24.3 Å². The number of hydrogen-bond acceptors (Lipinski definition) is 10. The van der Waals surface area contributed by atoms with Gasteiger partial charge in [-0.25, -0.2) is 4.90 Å². The Labute approximate surface area is 262 Å². The molecule has 2 aromatic rings. The molecule has 0 aliphatic carbocycles. The number of aromatic nitrogens is 1. The minimum Gasteiger partial charge on any atom is -0.370 e. The molecule has 0 radical (unpaired) electrons. The van der Waals surface area contributed by atoms with E-state index in [1.165, 1.54) is 0 Å². The molecule has 0 spiro atoms. The van der Waals surface area contributed by atoms with Crippen LogP contribution in [-0.4, -0.2) is 88.6 Å². The number of benzene rings is 1. The molecule has 2 heterocycles. The highest BCUT2D eigenvalue weighted by Crippen LogP contribution is 2.19. The minimum atomic E-state index is -1.80. The molecule has 4 amide bonds. The fraction of sp³-hybridized carbons (Fsp3) is 0.533. The van der Waals surface area contributed by atoms with Crippen molar-refractivity contribution in [2.45, 2.75) is 82.6 Å². The van der Waals surface area contributed by atoms with E-state index >= 15 is 0 Å². The Balaban J connectivity index is 1.84. The Morgan fingerprint density at radius 3 is 2.38 bits per heavy atom. The molecule has 15 nitrogen and oxygen atoms in total. The van der Waals surface area contributed by atoms with E-state index in [0.717, 1.165) is 16.5 Å². The summed E-state index contributed by atoms with van der Waals surface area (Å²) in [5.41, 5.74) is 30.8. The average Bonchev–Trinajstić information content (AvgIpc) is 3.68. The van der Waals surface area contributed by atoms with Crippen LogP contribution in [0.15, 0.2) is 35.5 Å². The highest BCUT2D eigenvalue weighted by atomic mass is 16.2. The summed E-state index contributed by atoms with van der Waals surface area (Å²) in [6.07, 6.45) is 3.46. The molecule has 1 aliphatic rings. The summed E-state index contributed by atoms with van der Waals surface area (Å²) >= 11 is 0. The van der Waals surface area contributed by atoms with Crippen molar-refractivity contribution in [1.29, 1.82) is 0 Å². The maximum absolute atomic E-state index is 14.0. The molecule has 1 aromatic carbocycles. The van der Waals surface area contributed by atoms with Gasteiger partial charge in [-0.15, -0.1) is 0 Å². The molecule has 0 saturated carbocycles. The van der Waals surface area contributed by atoms with Crippen molar-refractivity contribution < 1.29 is 24.0 Å². The molecule has 1 fully saturated rings. The number of nitrogens with two attached hydrogens (primary N) is 5. The first-order valence-corrected chi connectivity index (χ1v) is 15.2. The number of nitrogens with one attached hydrogen (secondary N) is 3. The lowest BCUT2D eigenvalue weighted by Gasteiger charge is -2.30. The number of rotatable bonds is 15. The third-order valence-electron chi connectivity index (χ3n) is 7.70. The fourth-order valence-electron chi connectivity index (χ4n) is 5.30. The van der Waals surface area contributed by atoms with E-state index in [9.17, 15) is 24.0 Å². The van der Waals surface area contributed by atoms with Gasteiger partial charge in [-0.05, 0) is 62.6 Å². The van der Waals surface area contributed by atoms with Gasteiger partial charge in [-0.2, -0.15) is 0 Å². The predicted octanol–water partition coefficient (Wildman–Crippen LogP) is -1.52. The Morgan fingerprint density at radius 1 is 1.02 bits per heavy atom. The molecular formula is C30H46N10O5. The molecule has 13 N–H and O–H groups in total. The first-order chi connectivity index (χ1) is 21.3. The van der Waals surface area contributed by atoms with Crippen LogP contribution in [0.2, 0.25) is 0 Å². The van der Waals surface area contributed by atoms with Gasteiger partial charge >= 0.3 is 0 Å². The van der Waals surface area contributed by atoms with Crippen LogP contribution in [0.1, 0.15) is 51.5 Å². The smallest absolute Gasteiger partial charge is 0.260 e. The summed E-state index contributed by atoms with van der Waals surface area (Å²) in [5.74, 6) is -4.90. The van der Waals surface area contributed by atoms with Gasteiger partial charge in [0.05, 0.1) is 18.1 Å². The van der Waals surface area contributed by atoms with Crippen LogP contribution in [-0.2, 0) is 30.4 Å². The van der Waals surface area contributed by atoms with Crippen LogP contribution in [0.5, 0.6) is 0 Å². The molecule has 1 aromatic heterocycles. The van der Waals surface area contributed by atoms with Gasteiger partial charge in [0.1, 0.15) is 12.1 Å². The second-order valence-corrected chi connectivity index (χ2v) is 11.8. The van der Waals surface area contributed by atoms with E-state index in [1.54, 1.807) is 6.20 Å². The molecule has 45 heavy (non-hydrogen) atoms.